The number of rotatable bonds is 2. The summed E-state index contributed by atoms with van der Waals surface area (Å²) in [6.45, 7) is 2.27. The molecule has 0 saturated carbocycles. The Morgan fingerprint density at radius 2 is 2.33 bits per heavy atom. The van der Waals surface area contributed by atoms with Gasteiger partial charge in [0.2, 0.25) is 0 Å². The fourth-order valence-electron chi connectivity index (χ4n) is 4.23. The molecule has 1 aliphatic carbocycles. The number of carbonyl (C=O) groups excluding carboxylic acids is 1. The molecule has 3 nitrogen and oxygen atoms in total. The molecule has 0 amide bonds. The van der Waals surface area contributed by atoms with Gasteiger partial charge < -0.3 is 0 Å². The molecule has 21 heavy (non-hydrogen) atoms. The third kappa shape index (κ3) is 2.03. The van der Waals surface area contributed by atoms with E-state index in [1.54, 1.807) is 0 Å². The van der Waals surface area contributed by atoms with Crippen molar-refractivity contribution < 1.29 is 9.80 Å². The van der Waals surface area contributed by atoms with E-state index in [1.807, 2.05) is 0 Å². The van der Waals surface area contributed by atoms with Crippen LogP contribution in [0.1, 0.15) is 43.2 Å². The molecule has 4 heteroatoms. The second kappa shape index (κ2) is 5.18. The molecule has 1 aromatic carbocycles. The first-order valence-electron chi connectivity index (χ1n) is 7.73. The molecule has 2 heterocycles. The zero-order chi connectivity index (χ0) is 14.6. The van der Waals surface area contributed by atoms with Crippen molar-refractivity contribution in [2.45, 2.75) is 36.0 Å². The van der Waals surface area contributed by atoms with Crippen molar-refractivity contribution in [3.05, 3.63) is 41.4 Å². The molecule has 0 bridgehead atoms. The van der Waals surface area contributed by atoms with Gasteiger partial charge in [0.1, 0.15) is 0 Å². The van der Waals surface area contributed by atoms with Gasteiger partial charge in [-0.25, -0.2) is 0 Å². The molecule has 1 saturated heterocycles. The molecule has 112 valence electrons. The van der Waals surface area contributed by atoms with Gasteiger partial charge in [-0.05, 0) is 0 Å². The fraction of sp³-hybridized carbons (Fsp3) is 0.471. The molecule has 3 aliphatic rings. The first-order chi connectivity index (χ1) is 10.2. The van der Waals surface area contributed by atoms with E-state index in [2.05, 4.69) is 31.3 Å². The van der Waals surface area contributed by atoms with Crippen LogP contribution in [0.15, 0.2) is 24.4 Å². The number of quaternary nitrogens is 1. The van der Waals surface area contributed by atoms with E-state index < -0.39 is 19.8 Å². The van der Waals surface area contributed by atoms with Crippen molar-refractivity contribution in [3.8, 4) is 0 Å². The second-order valence-corrected chi connectivity index (χ2v) is 11.8. The molecule has 4 unspecified atom stereocenters. The Morgan fingerprint density at radius 3 is 3.10 bits per heavy atom. The summed E-state index contributed by atoms with van der Waals surface area (Å²) in [5.41, 5.74) is 5.25. The van der Waals surface area contributed by atoms with Crippen LogP contribution in [0.2, 0.25) is 0 Å². The number of benzene rings is 1. The number of nitrogens with one attached hydrogen (secondary N) is 2. The maximum absolute atomic E-state index is 11.7. The zero-order valence-electron chi connectivity index (χ0n) is 12.2. The summed E-state index contributed by atoms with van der Waals surface area (Å²) in [6.07, 6.45) is 5.56. The molecule has 2 aliphatic heterocycles. The molecule has 0 spiro atoms. The van der Waals surface area contributed by atoms with E-state index >= 15 is 0 Å². The van der Waals surface area contributed by atoms with E-state index in [0.717, 1.165) is 18.0 Å². The van der Waals surface area contributed by atoms with E-state index in [0.29, 0.717) is 14.9 Å². The van der Waals surface area contributed by atoms with Gasteiger partial charge in [-0.15, -0.1) is 0 Å². The summed E-state index contributed by atoms with van der Waals surface area (Å²) in [6, 6.07) is 6.46. The Bertz CT molecular complexity index is 627. The van der Waals surface area contributed by atoms with Crippen LogP contribution in [0.25, 0.3) is 11.4 Å². The average Bonchev–Trinajstić information content (AvgIpc) is 2.84. The summed E-state index contributed by atoms with van der Waals surface area (Å²) >= 11 is -1.51. The van der Waals surface area contributed by atoms with Crippen LogP contribution in [-0.2, 0) is 4.79 Å². The Labute approximate surface area is 132 Å². The summed E-state index contributed by atoms with van der Waals surface area (Å²) in [7, 11) is 0. The Balaban J connectivity index is 1.83. The maximum atomic E-state index is 11.7. The summed E-state index contributed by atoms with van der Waals surface area (Å²) < 4.78 is 3.18. The van der Waals surface area contributed by atoms with Crippen LogP contribution >= 0.6 is 19.8 Å². The number of hydrogen-bond donors (Lipinski definition) is 1. The van der Waals surface area contributed by atoms with Gasteiger partial charge in [0.25, 0.3) is 0 Å². The number of carbonyl (C=O) groups is 1. The molecular formula is C17H21IN2O. The fourth-order valence-corrected chi connectivity index (χ4v) is 10.7. The summed E-state index contributed by atoms with van der Waals surface area (Å²) in [4.78, 5) is 11.7. The van der Waals surface area contributed by atoms with E-state index in [9.17, 15) is 4.79 Å². The number of allylic oxidation sites excluding steroid dienone is 1. The Kier molecular flexibility index (Phi) is 3.43. The van der Waals surface area contributed by atoms with Crippen LogP contribution in [0.5, 0.6) is 0 Å². The molecule has 0 radical (unpaired) electrons. The van der Waals surface area contributed by atoms with Crippen molar-refractivity contribution in [1.29, 1.82) is 0 Å². The normalized spacial score (nSPS) is 35.0. The molecule has 2 N–H and O–H groups in total. The molecule has 4 rings (SSSR count). The number of hydrogen-bond acceptors (Lipinski definition) is 1. The van der Waals surface area contributed by atoms with Crippen LogP contribution in [-0.4, -0.2) is 12.6 Å². The van der Waals surface area contributed by atoms with Crippen LogP contribution < -0.4 is 5.01 Å². The Hall–Kier alpha value is -0.720. The van der Waals surface area contributed by atoms with Gasteiger partial charge in [-0.3, -0.25) is 0 Å². The van der Waals surface area contributed by atoms with Gasteiger partial charge in [0.05, 0.1) is 0 Å². The van der Waals surface area contributed by atoms with Gasteiger partial charge in [0.15, 0.2) is 0 Å². The molecular weight excluding hydrogens is 375 g/mol. The van der Waals surface area contributed by atoms with Crippen molar-refractivity contribution in [2.24, 2.45) is 5.92 Å². The van der Waals surface area contributed by atoms with Gasteiger partial charge in [-0.1, -0.05) is 0 Å². The predicted octanol–water partition coefficient (Wildman–Crippen LogP) is 3.51. The SMILES string of the molecule is CCC1CC2c3cccc4c3C(=C[NH+]4[NH-])CC2I(C=O)C1. The van der Waals surface area contributed by atoms with Gasteiger partial charge in [-0.2, -0.15) is 0 Å². The number of fused-ring (bicyclic) bond motifs is 2. The van der Waals surface area contributed by atoms with Gasteiger partial charge >= 0.3 is 133 Å². The second-order valence-electron chi connectivity index (χ2n) is 6.37. The van der Waals surface area contributed by atoms with E-state index in [4.69, 9.17) is 5.84 Å². The van der Waals surface area contributed by atoms with Crippen molar-refractivity contribution in [3.63, 3.8) is 0 Å². The molecule has 4 atom stereocenters. The van der Waals surface area contributed by atoms with Crippen molar-refractivity contribution >= 4 is 35.4 Å². The monoisotopic (exact) mass is 396 g/mol. The van der Waals surface area contributed by atoms with Crippen molar-refractivity contribution in [2.75, 3.05) is 4.43 Å². The van der Waals surface area contributed by atoms with Crippen molar-refractivity contribution in [1.82, 2.24) is 0 Å². The minimum absolute atomic E-state index is 0.581. The Morgan fingerprint density at radius 1 is 1.48 bits per heavy atom. The standard InChI is InChI=1S/C17H21IN2O/c1-2-11-6-14-13-4-3-5-16-17(13)12(9-20(16)19)7-15(14)18(8-11)10-21/h3-5,9-11,14-15,19-20H,2,6-8H2,1H3. The topological polar surface area (TPSA) is 45.3 Å². The quantitative estimate of drug-likeness (QED) is 0.354. The minimum atomic E-state index is -1.51. The van der Waals surface area contributed by atoms with Gasteiger partial charge in [0, 0.05) is 0 Å². The third-order valence-corrected chi connectivity index (χ3v) is 11.6. The first-order valence-corrected chi connectivity index (χ1v) is 11.8. The molecule has 1 aromatic rings. The van der Waals surface area contributed by atoms with E-state index in [1.165, 1.54) is 38.3 Å². The first kappa shape index (κ1) is 13.9. The van der Waals surface area contributed by atoms with E-state index in [-0.39, 0.29) is 0 Å². The van der Waals surface area contributed by atoms with Crippen LogP contribution in [0, 0.1) is 5.92 Å². The predicted molar refractivity (Wildman–Crippen MR) is 94.5 cm³/mol. The number of halogens is 1. The summed E-state index contributed by atoms with van der Waals surface area (Å²) in [5.74, 6) is 9.51. The molecule has 0 aromatic heterocycles. The van der Waals surface area contributed by atoms with Crippen LogP contribution in [0.3, 0.4) is 0 Å². The zero-order valence-corrected chi connectivity index (χ0v) is 14.4. The third-order valence-electron chi connectivity index (χ3n) is 5.31. The summed E-state index contributed by atoms with van der Waals surface area (Å²) in [5, 5.41) is 0.666. The van der Waals surface area contributed by atoms with Crippen LogP contribution in [0.4, 0.5) is 5.69 Å². The molecule has 1 fully saturated rings. The number of alkyl halides is 2. The average molecular weight is 396 g/mol.